The second-order valence-electron chi connectivity index (χ2n) is 1.67. The van der Waals surface area contributed by atoms with E-state index in [1.807, 2.05) is 0 Å². The van der Waals surface area contributed by atoms with Crippen molar-refractivity contribution >= 4 is 41.0 Å². The molecule has 0 aromatic rings. The van der Waals surface area contributed by atoms with Crippen molar-refractivity contribution in [3.8, 4) is 0 Å². The van der Waals surface area contributed by atoms with Crippen molar-refractivity contribution in [2.45, 2.75) is 9.83 Å². The van der Waals surface area contributed by atoms with Crippen molar-refractivity contribution in [2.75, 3.05) is 0 Å². The summed E-state index contributed by atoms with van der Waals surface area (Å²) in [6, 6.07) is 0. The molecule has 1 rings (SSSR count). The molecule has 0 saturated carbocycles. The quantitative estimate of drug-likeness (QED) is 0.405. The molecule has 0 saturated heterocycles. The van der Waals surface area contributed by atoms with Gasteiger partial charge in [0.05, 0.1) is 0 Å². The lowest BCUT2D eigenvalue weighted by Crippen LogP contribution is -2.24. The molecule has 1 unspecified atom stereocenters. The Balaban J connectivity index is 2.78. The Morgan fingerprint density at radius 3 is 2.44 bits per heavy atom. The van der Waals surface area contributed by atoms with Gasteiger partial charge in [0.25, 0.3) is 0 Å². The smallest absolute Gasteiger partial charge is 0.172 e. The van der Waals surface area contributed by atoms with Gasteiger partial charge in [-0.15, -0.1) is 0 Å². The molecule has 1 heterocycles. The summed E-state index contributed by atoms with van der Waals surface area (Å²) in [7, 11) is 0. The molecule has 0 amide bonds. The van der Waals surface area contributed by atoms with E-state index in [-0.39, 0.29) is 0 Å². The molecule has 1 atom stereocenters. The number of alkyl halides is 3. The highest BCUT2D eigenvalue weighted by molar-refractivity contribution is 6.54. The van der Waals surface area contributed by atoms with Gasteiger partial charge in [-0.25, -0.2) is 0 Å². The lowest BCUT2D eigenvalue weighted by Gasteiger charge is -2.19. The van der Waals surface area contributed by atoms with Crippen molar-refractivity contribution < 1.29 is 0 Å². The van der Waals surface area contributed by atoms with Crippen LogP contribution < -0.4 is 0 Å². The number of halogens is 3. The van der Waals surface area contributed by atoms with E-state index in [0.717, 1.165) is 0 Å². The van der Waals surface area contributed by atoms with E-state index >= 15 is 0 Å². The first kappa shape index (κ1) is 7.39. The van der Waals surface area contributed by atoms with Crippen LogP contribution >= 0.6 is 34.8 Å². The van der Waals surface area contributed by atoms with Gasteiger partial charge in [0, 0.05) is 6.21 Å². The van der Waals surface area contributed by atoms with Gasteiger partial charge in [-0.1, -0.05) is 34.8 Å². The number of rotatable bonds is 0. The Morgan fingerprint density at radius 1 is 1.44 bits per heavy atom. The minimum absolute atomic E-state index is 0.564. The zero-order valence-corrected chi connectivity index (χ0v) is 6.66. The molecule has 0 aromatic heterocycles. The monoisotopic (exact) mass is 183 g/mol. The van der Waals surface area contributed by atoms with E-state index in [1.54, 1.807) is 18.4 Å². The number of dihydropyridines is 1. The highest BCUT2D eigenvalue weighted by Gasteiger charge is 2.31. The van der Waals surface area contributed by atoms with E-state index in [2.05, 4.69) is 4.99 Å². The van der Waals surface area contributed by atoms with Crippen LogP contribution in [-0.4, -0.2) is 16.0 Å². The summed E-state index contributed by atoms with van der Waals surface area (Å²) in [6.07, 6.45) is 4.83. The Labute approximate surface area is 68.3 Å². The molecule has 1 aliphatic heterocycles. The van der Waals surface area contributed by atoms with Gasteiger partial charge in [-0.05, 0) is 12.2 Å². The van der Waals surface area contributed by atoms with Gasteiger partial charge in [-0.3, -0.25) is 4.99 Å². The van der Waals surface area contributed by atoms with Crippen molar-refractivity contribution in [1.82, 2.24) is 0 Å². The SMILES string of the molecule is ClC1N=CC=CC1(Cl)Cl. The number of nitrogens with zero attached hydrogens (tertiary/aromatic N) is 1. The number of hydrogen-bond donors (Lipinski definition) is 0. The van der Waals surface area contributed by atoms with Crippen LogP contribution in [0.3, 0.4) is 0 Å². The van der Waals surface area contributed by atoms with Crippen LogP contribution in [0.2, 0.25) is 0 Å². The summed E-state index contributed by atoms with van der Waals surface area (Å²) in [6.45, 7) is 0. The lowest BCUT2D eigenvalue weighted by molar-refractivity contribution is 0.863. The molecular weight excluding hydrogens is 180 g/mol. The van der Waals surface area contributed by atoms with E-state index in [1.165, 1.54) is 0 Å². The molecular formula is C5H4Cl3N. The zero-order valence-electron chi connectivity index (χ0n) is 4.39. The summed E-state index contributed by atoms with van der Waals surface area (Å²) in [5.74, 6) is 0. The number of aliphatic imine (C=N–C) groups is 1. The second kappa shape index (κ2) is 2.49. The van der Waals surface area contributed by atoms with Gasteiger partial charge >= 0.3 is 0 Å². The van der Waals surface area contributed by atoms with Gasteiger partial charge in [0.1, 0.15) is 0 Å². The van der Waals surface area contributed by atoms with Gasteiger partial charge in [-0.2, -0.15) is 0 Å². The van der Waals surface area contributed by atoms with Crippen LogP contribution in [0, 0.1) is 0 Å². The Hall–Kier alpha value is 0.280. The summed E-state index contributed by atoms with van der Waals surface area (Å²) in [5.41, 5.74) is -0.564. The van der Waals surface area contributed by atoms with E-state index in [0.29, 0.717) is 0 Å². The summed E-state index contributed by atoms with van der Waals surface area (Å²) in [4.78, 5) is 3.77. The maximum absolute atomic E-state index is 5.66. The molecule has 0 aromatic carbocycles. The number of hydrogen-bond acceptors (Lipinski definition) is 1. The van der Waals surface area contributed by atoms with Crippen molar-refractivity contribution in [3.05, 3.63) is 12.2 Å². The van der Waals surface area contributed by atoms with Crippen LogP contribution in [0.4, 0.5) is 0 Å². The summed E-state index contributed by atoms with van der Waals surface area (Å²) < 4.78 is -1.03. The highest BCUT2D eigenvalue weighted by Crippen LogP contribution is 2.32. The second-order valence-corrected chi connectivity index (χ2v) is 3.53. The molecule has 1 aliphatic rings. The predicted octanol–water partition coefficient (Wildman–Crippen LogP) is 2.37. The molecule has 0 aliphatic carbocycles. The average molecular weight is 184 g/mol. The van der Waals surface area contributed by atoms with E-state index in [9.17, 15) is 0 Å². The zero-order chi connectivity index (χ0) is 6.91. The fourth-order valence-corrected chi connectivity index (χ4v) is 0.871. The largest absolute Gasteiger partial charge is 0.270 e. The summed E-state index contributed by atoms with van der Waals surface area (Å²) >= 11 is 16.9. The molecule has 0 radical (unpaired) electrons. The van der Waals surface area contributed by atoms with Gasteiger partial charge in [0.2, 0.25) is 0 Å². The Bertz CT molecular complexity index is 162. The third-order valence-corrected chi connectivity index (χ3v) is 2.28. The molecule has 0 spiro atoms. The first-order chi connectivity index (χ1) is 4.13. The first-order valence-corrected chi connectivity index (χ1v) is 3.55. The molecule has 0 bridgehead atoms. The molecule has 0 N–H and O–H groups in total. The molecule has 9 heavy (non-hydrogen) atoms. The maximum atomic E-state index is 5.66. The third-order valence-electron chi connectivity index (χ3n) is 0.939. The fourth-order valence-electron chi connectivity index (χ4n) is 0.475. The molecule has 0 fully saturated rings. The normalized spacial score (nSPS) is 30.8. The number of allylic oxidation sites excluding steroid dienone is 1. The predicted molar refractivity (Wildman–Crippen MR) is 41.7 cm³/mol. The van der Waals surface area contributed by atoms with Crippen LogP contribution in [0.15, 0.2) is 17.1 Å². The van der Waals surface area contributed by atoms with Crippen LogP contribution in [0.1, 0.15) is 0 Å². The minimum atomic E-state index is -1.03. The van der Waals surface area contributed by atoms with Crippen LogP contribution in [0.5, 0.6) is 0 Å². The molecule has 1 nitrogen and oxygen atoms in total. The van der Waals surface area contributed by atoms with Crippen LogP contribution in [-0.2, 0) is 0 Å². The van der Waals surface area contributed by atoms with Crippen LogP contribution in [0.25, 0.3) is 0 Å². The minimum Gasteiger partial charge on any atom is -0.270 e. The summed E-state index contributed by atoms with van der Waals surface area (Å²) in [5, 5.41) is 0. The Kier molecular flexibility index (Phi) is 2.04. The van der Waals surface area contributed by atoms with Gasteiger partial charge in [0.15, 0.2) is 9.83 Å². The Morgan fingerprint density at radius 2 is 2.11 bits per heavy atom. The standard InChI is InChI=1S/C5H4Cl3N/c6-4-5(7,8)2-1-3-9-4/h1-4H. The van der Waals surface area contributed by atoms with E-state index < -0.39 is 9.83 Å². The average Bonchev–Trinajstić information content (AvgIpc) is 1.77. The topological polar surface area (TPSA) is 12.4 Å². The maximum Gasteiger partial charge on any atom is 0.172 e. The van der Waals surface area contributed by atoms with E-state index in [4.69, 9.17) is 34.8 Å². The molecule has 50 valence electrons. The first-order valence-electron chi connectivity index (χ1n) is 2.36. The fraction of sp³-hybridized carbons (Fsp3) is 0.400. The van der Waals surface area contributed by atoms with Crippen molar-refractivity contribution in [2.24, 2.45) is 4.99 Å². The van der Waals surface area contributed by atoms with Crippen molar-refractivity contribution in [3.63, 3.8) is 0 Å². The lowest BCUT2D eigenvalue weighted by atomic mass is 10.3. The third kappa shape index (κ3) is 1.60. The van der Waals surface area contributed by atoms with Gasteiger partial charge < -0.3 is 0 Å². The van der Waals surface area contributed by atoms with Crippen molar-refractivity contribution in [1.29, 1.82) is 0 Å². The molecule has 4 heteroatoms. The highest BCUT2D eigenvalue weighted by atomic mass is 35.5.